The van der Waals surface area contributed by atoms with Crippen molar-refractivity contribution >= 4 is 34.2 Å². The van der Waals surface area contributed by atoms with Crippen molar-refractivity contribution < 1.29 is 0 Å². The Morgan fingerprint density at radius 1 is 0.659 bits per heavy atom. The van der Waals surface area contributed by atoms with E-state index in [0.717, 1.165) is 73.7 Å². The van der Waals surface area contributed by atoms with E-state index >= 15 is 0 Å². The Balaban J connectivity index is 0.00000302. The molecular formula is C32H33ClN6O2. The van der Waals surface area contributed by atoms with Crippen molar-refractivity contribution in [1.82, 2.24) is 29.7 Å². The van der Waals surface area contributed by atoms with Crippen molar-refractivity contribution in [2.45, 2.75) is 37.5 Å². The first kappa shape index (κ1) is 27.3. The van der Waals surface area contributed by atoms with E-state index in [-0.39, 0.29) is 18.0 Å². The zero-order valence-electron chi connectivity index (χ0n) is 22.8. The molecule has 0 bridgehead atoms. The lowest BCUT2D eigenvalue weighted by Gasteiger charge is -2.23. The molecule has 2 aliphatic heterocycles. The largest absolute Gasteiger partial charge is 0.340 e. The van der Waals surface area contributed by atoms with Crippen LogP contribution in [0, 0.1) is 0 Å². The predicted molar refractivity (Wildman–Crippen MR) is 165 cm³/mol. The van der Waals surface area contributed by atoms with Crippen LogP contribution in [0.3, 0.4) is 0 Å². The number of pyridine rings is 2. The molecule has 5 heterocycles. The minimum atomic E-state index is -0.446. The fourth-order valence-electron chi connectivity index (χ4n) is 6.26. The van der Waals surface area contributed by atoms with Gasteiger partial charge in [-0.2, -0.15) is 0 Å². The van der Waals surface area contributed by atoms with E-state index in [1.807, 2.05) is 18.2 Å². The molecule has 210 valence electrons. The number of hydrogen-bond donors (Lipinski definition) is 2. The second kappa shape index (κ2) is 11.6. The molecule has 7 rings (SSSR count). The lowest BCUT2D eigenvalue weighted by atomic mass is 9.89. The molecule has 0 atom stereocenters. The van der Waals surface area contributed by atoms with Crippen LogP contribution < -0.4 is 21.9 Å². The van der Waals surface area contributed by atoms with Crippen molar-refractivity contribution in [3.8, 4) is 11.4 Å². The summed E-state index contributed by atoms with van der Waals surface area (Å²) in [5.74, 6) is 1.02. The molecule has 2 aliphatic rings. The zero-order chi connectivity index (χ0) is 27.1. The third-order valence-corrected chi connectivity index (χ3v) is 8.52. The van der Waals surface area contributed by atoms with E-state index in [4.69, 9.17) is 0 Å². The average Bonchev–Trinajstić information content (AvgIpc) is 3.01. The highest BCUT2D eigenvalue weighted by Gasteiger charge is 2.18. The highest BCUT2D eigenvalue weighted by atomic mass is 35.5. The molecule has 2 aromatic carbocycles. The van der Waals surface area contributed by atoms with Gasteiger partial charge in [0.05, 0.1) is 34.8 Å². The van der Waals surface area contributed by atoms with Crippen LogP contribution in [0.25, 0.3) is 33.2 Å². The van der Waals surface area contributed by atoms with Crippen LogP contribution in [0.5, 0.6) is 0 Å². The fourth-order valence-corrected chi connectivity index (χ4v) is 6.26. The van der Waals surface area contributed by atoms with E-state index in [1.165, 1.54) is 32.5 Å². The number of benzene rings is 2. The molecular weight excluding hydrogens is 536 g/mol. The van der Waals surface area contributed by atoms with Gasteiger partial charge < -0.3 is 10.6 Å². The van der Waals surface area contributed by atoms with Crippen molar-refractivity contribution in [2.24, 2.45) is 0 Å². The Morgan fingerprint density at radius 2 is 1.17 bits per heavy atom. The zero-order valence-corrected chi connectivity index (χ0v) is 23.6. The molecule has 0 unspecified atom stereocenters. The van der Waals surface area contributed by atoms with Crippen molar-refractivity contribution in [3.05, 3.63) is 105 Å². The number of aromatic nitrogens is 4. The maximum absolute atomic E-state index is 13.7. The van der Waals surface area contributed by atoms with Crippen LogP contribution in [0.15, 0.2) is 82.8 Å². The van der Waals surface area contributed by atoms with Crippen molar-refractivity contribution in [2.75, 3.05) is 26.2 Å². The number of rotatable bonds is 4. The molecule has 41 heavy (non-hydrogen) atoms. The van der Waals surface area contributed by atoms with Gasteiger partial charge in [0.15, 0.2) is 0 Å². The molecule has 2 saturated heterocycles. The summed E-state index contributed by atoms with van der Waals surface area (Å²) in [6.45, 7) is 4.09. The highest BCUT2D eigenvalue weighted by Crippen LogP contribution is 2.29. The van der Waals surface area contributed by atoms with Gasteiger partial charge in [-0.1, -0.05) is 12.1 Å². The first-order valence-corrected chi connectivity index (χ1v) is 14.2. The minimum absolute atomic E-state index is 0. The summed E-state index contributed by atoms with van der Waals surface area (Å²) in [6, 6.07) is 18.0. The van der Waals surface area contributed by atoms with Gasteiger partial charge in [0.2, 0.25) is 0 Å². The molecule has 0 radical (unpaired) electrons. The number of fused-ring (bicyclic) bond motifs is 2. The summed E-state index contributed by atoms with van der Waals surface area (Å²) in [6.07, 6.45) is 9.24. The Hall–Kier alpha value is -3.85. The number of halogens is 1. The van der Waals surface area contributed by atoms with Gasteiger partial charge in [-0.05, 0) is 111 Å². The maximum Gasteiger partial charge on any atom is 0.340 e. The second-order valence-electron chi connectivity index (χ2n) is 11.0. The Labute approximate surface area is 243 Å². The number of nitrogens with zero attached hydrogens (tertiary/aromatic N) is 4. The third-order valence-electron chi connectivity index (χ3n) is 8.52. The topological polar surface area (TPSA) is 93.8 Å². The van der Waals surface area contributed by atoms with E-state index in [2.05, 4.69) is 50.9 Å². The summed E-state index contributed by atoms with van der Waals surface area (Å²) in [5, 5.41) is 8.75. The van der Waals surface area contributed by atoms with Crippen molar-refractivity contribution in [1.29, 1.82) is 0 Å². The summed E-state index contributed by atoms with van der Waals surface area (Å²) >= 11 is 0. The lowest BCUT2D eigenvalue weighted by molar-refractivity contribution is 0.460. The molecule has 9 heteroatoms. The predicted octanol–water partition coefficient (Wildman–Crippen LogP) is 4.44. The smallest absolute Gasteiger partial charge is 0.317 e. The molecule has 2 fully saturated rings. The second-order valence-corrected chi connectivity index (χ2v) is 11.0. The number of nitrogens with one attached hydrogen (secondary N) is 2. The first-order chi connectivity index (χ1) is 19.6. The van der Waals surface area contributed by atoms with Gasteiger partial charge >= 0.3 is 5.69 Å². The van der Waals surface area contributed by atoms with E-state index in [0.29, 0.717) is 23.2 Å². The van der Waals surface area contributed by atoms with Gasteiger partial charge in [-0.3, -0.25) is 19.3 Å². The van der Waals surface area contributed by atoms with Crippen LogP contribution in [-0.4, -0.2) is 45.3 Å². The van der Waals surface area contributed by atoms with Crippen LogP contribution >= 0.6 is 12.4 Å². The molecule has 0 aliphatic carbocycles. The van der Waals surface area contributed by atoms with Gasteiger partial charge in [-0.15, -0.1) is 12.4 Å². The number of piperidine rings is 2. The van der Waals surface area contributed by atoms with Crippen LogP contribution in [-0.2, 0) is 0 Å². The van der Waals surface area contributed by atoms with Gasteiger partial charge in [-0.25, -0.2) is 9.36 Å². The summed E-state index contributed by atoms with van der Waals surface area (Å²) < 4.78 is 2.68. The van der Waals surface area contributed by atoms with Crippen LogP contribution in [0.2, 0.25) is 0 Å². The minimum Gasteiger partial charge on any atom is -0.317 e. The molecule has 8 nitrogen and oxygen atoms in total. The quantitative estimate of drug-likeness (QED) is 0.333. The number of hydrogen-bond acceptors (Lipinski definition) is 6. The Kier molecular flexibility index (Phi) is 7.71. The first-order valence-electron chi connectivity index (χ1n) is 14.2. The van der Waals surface area contributed by atoms with Gasteiger partial charge in [0, 0.05) is 23.0 Å². The maximum atomic E-state index is 13.7. The van der Waals surface area contributed by atoms with Crippen LogP contribution in [0.4, 0.5) is 0 Å². The van der Waals surface area contributed by atoms with E-state index in [1.54, 1.807) is 12.4 Å². The fraction of sp³-hybridized carbons (Fsp3) is 0.312. The molecule has 0 amide bonds. The van der Waals surface area contributed by atoms with E-state index in [9.17, 15) is 9.59 Å². The molecule has 0 spiro atoms. The van der Waals surface area contributed by atoms with Crippen molar-refractivity contribution in [3.63, 3.8) is 0 Å². The highest BCUT2D eigenvalue weighted by molar-refractivity contribution is 5.85. The lowest BCUT2D eigenvalue weighted by Crippen LogP contribution is -2.37. The van der Waals surface area contributed by atoms with Gasteiger partial charge in [0.1, 0.15) is 0 Å². The van der Waals surface area contributed by atoms with E-state index < -0.39 is 5.69 Å². The summed E-state index contributed by atoms with van der Waals surface area (Å²) in [7, 11) is 0. The Bertz CT molecular complexity index is 1840. The monoisotopic (exact) mass is 568 g/mol. The standard InChI is InChI=1S/C32H32N6O2.ClH/c39-31-9-14-37(27-17-25-15-23(1-3-29(25)35-19-27)21-5-10-33-11-6-21)32(40)38(31)28-18-26-16-24(2-4-30(26)36-20-28)22-7-12-34-13-8-22;/h1-4,9,14-22,33-34H,5-8,10-13H2;1H. The molecule has 2 N–H and O–H groups in total. The van der Waals surface area contributed by atoms with Crippen LogP contribution in [0.1, 0.15) is 48.6 Å². The summed E-state index contributed by atoms with van der Waals surface area (Å²) in [5.41, 5.74) is 4.54. The van der Waals surface area contributed by atoms with Gasteiger partial charge in [0.25, 0.3) is 5.56 Å². The Morgan fingerprint density at radius 3 is 1.73 bits per heavy atom. The summed E-state index contributed by atoms with van der Waals surface area (Å²) in [4.78, 5) is 36.0. The third kappa shape index (κ3) is 5.30. The molecule has 0 saturated carbocycles. The SMILES string of the molecule is Cl.O=c1ccn(-c2cnc3ccc(C4CCNCC4)cc3c2)c(=O)n1-c1cnc2ccc(C3CCNCC3)cc2c1. The average molecular weight is 569 g/mol. The molecule has 5 aromatic rings. The molecule has 3 aromatic heterocycles. The normalized spacial score (nSPS) is 16.6.